The van der Waals surface area contributed by atoms with Crippen molar-refractivity contribution < 1.29 is 8.78 Å². The highest BCUT2D eigenvalue weighted by Gasteiger charge is 2.30. The Kier molecular flexibility index (Phi) is 12.3. The third-order valence-corrected chi connectivity index (χ3v) is 17.2. The smallest absolute Gasteiger partial charge is 0.123 e. The Morgan fingerprint density at radius 2 is 0.768 bits per heavy atom. The molecule has 0 aliphatic carbocycles. The first-order valence-electron chi connectivity index (χ1n) is 28.6. The molecular weight excluding hydrogens is 1010 g/mol. The third-order valence-electron chi connectivity index (χ3n) is 17.2. The van der Waals surface area contributed by atoms with Crippen molar-refractivity contribution >= 4 is 110 Å². The maximum absolute atomic E-state index is 16.9. The monoisotopic (exact) mass is 1070 g/mol. The van der Waals surface area contributed by atoms with Crippen molar-refractivity contribution in [2.24, 2.45) is 0 Å². The molecule has 2 atom stereocenters. The normalized spacial score (nSPS) is 13.8. The van der Waals surface area contributed by atoms with E-state index >= 15 is 8.78 Å². The quantitative estimate of drug-likeness (QED) is 0.115. The number of nitrogens with zero attached hydrogens (tertiary/aromatic N) is 4. The number of halogens is 2. The summed E-state index contributed by atoms with van der Waals surface area (Å²) in [7, 11) is 0. The van der Waals surface area contributed by atoms with Crippen molar-refractivity contribution in [1.29, 1.82) is 0 Å². The number of allylic oxidation sites excluding steroid dienone is 6. The highest BCUT2D eigenvalue weighted by Crippen LogP contribution is 2.49. The topological polar surface area (TPSA) is 19.7 Å². The van der Waals surface area contributed by atoms with Crippen molar-refractivity contribution in [2.75, 3.05) is 0 Å². The Labute approximate surface area is 476 Å². The van der Waals surface area contributed by atoms with Crippen LogP contribution in [0.5, 0.6) is 0 Å². The van der Waals surface area contributed by atoms with Gasteiger partial charge in [-0.1, -0.05) is 150 Å². The van der Waals surface area contributed by atoms with Crippen LogP contribution in [0.3, 0.4) is 0 Å². The lowest BCUT2D eigenvalue weighted by Crippen LogP contribution is -2.13. The molecule has 0 spiro atoms. The molecule has 82 heavy (non-hydrogen) atoms. The second-order valence-corrected chi connectivity index (χ2v) is 22.7. The molecule has 14 rings (SSSR count). The SMILES string of the molecule is C\C(=C(CC(C)n1c2ccccc2c2ccccc21)/C(=C(\C(=C\C(C)n1c2ccccc2c2ccccc21)c1cccc(F)c1)n1c2ccc(C)cc2c2cc(C)ccc21)c1cccc(F)c1)n1c2ccc(C)cc2c2cc(C)ccc21. The van der Waals surface area contributed by atoms with Crippen LogP contribution in [-0.2, 0) is 0 Å². The summed E-state index contributed by atoms with van der Waals surface area (Å²) in [4.78, 5) is 0. The largest absolute Gasteiger partial charge is 0.337 e. The highest BCUT2D eigenvalue weighted by molar-refractivity contribution is 6.21. The Hall–Kier alpha value is -9.52. The number of para-hydroxylation sites is 4. The molecule has 0 saturated heterocycles. The van der Waals surface area contributed by atoms with Gasteiger partial charge in [-0.05, 0) is 169 Å². The van der Waals surface area contributed by atoms with E-state index in [1.54, 1.807) is 12.1 Å². The van der Waals surface area contributed by atoms with E-state index in [1.807, 2.05) is 18.2 Å². The minimum atomic E-state index is -0.354. The van der Waals surface area contributed by atoms with Gasteiger partial charge in [-0.2, -0.15) is 0 Å². The molecule has 4 aromatic heterocycles. The Balaban J connectivity index is 1.21. The summed E-state index contributed by atoms with van der Waals surface area (Å²) in [5.74, 6) is -0.705. The molecule has 10 aromatic carbocycles. The summed E-state index contributed by atoms with van der Waals surface area (Å²) >= 11 is 0. The first-order valence-corrected chi connectivity index (χ1v) is 28.6. The first kappa shape index (κ1) is 50.7. The van der Waals surface area contributed by atoms with Gasteiger partial charge in [0.15, 0.2) is 0 Å². The van der Waals surface area contributed by atoms with Gasteiger partial charge in [-0.3, -0.25) is 0 Å². The van der Waals surface area contributed by atoms with Gasteiger partial charge in [0.05, 0.1) is 33.8 Å². The number of benzene rings is 10. The molecule has 0 aliphatic heterocycles. The maximum atomic E-state index is 16.9. The van der Waals surface area contributed by atoms with E-state index in [4.69, 9.17) is 0 Å². The van der Waals surface area contributed by atoms with Crippen LogP contribution in [0, 0.1) is 39.3 Å². The summed E-state index contributed by atoms with van der Waals surface area (Å²) in [5, 5.41) is 9.21. The summed E-state index contributed by atoms with van der Waals surface area (Å²) in [6.07, 6.45) is 2.84. The average Bonchev–Trinajstić information content (AvgIpc) is 3.72. The van der Waals surface area contributed by atoms with Crippen LogP contribution in [0.25, 0.3) is 110 Å². The maximum Gasteiger partial charge on any atom is 0.123 e. The molecule has 2 unspecified atom stereocenters. The van der Waals surface area contributed by atoms with Crippen molar-refractivity contribution in [3.8, 4) is 0 Å². The predicted molar refractivity (Wildman–Crippen MR) is 344 cm³/mol. The summed E-state index contributed by atoms with van der Waals surface area (Å²) < 4.78 is 43.3. The van der Waals surface area contributed by atoms with Crippen LogP contribution in [0.4, 0.5) is 8.78 Å². The van der Waals surface area contributed by atoms with Crippen molar-refractivity contribution in [3.05, 3.63) is 275 Å². The van der Waals surface area contributed by atoms with Gasteiger partial charge in [-0.25, -0.2) is 8.78 Å². The molecule has 4 nitrogen and oxygen atoms in total. The van der Waals surface area contributed by atoms with E-state index < -0.39 is 0 Å². The van der Waals surface area contributed by atoms with Gasteiger partial charge in [0.25, 0.3) is 0 Å². The molecule has 6 heteroatoms. The Morgan fingerprint density at radius 3 is 1.20 bits per heavy atom. The molecule has 0 aliphatic rings. The lowest BCUT2D eigenvalue weighted by atomic mass is 9.85. The zero-order valence-corrected chi connectivity index (χ0v) is 47.3. The highest BCUT2D eigenvalue weighted by atomic mass is 19.1. The zero-order chi connectivity index (χ0) is 56.1. The standard InChI is InChI=1S/C76H62F2N4/c1-46-30-34-71-63(38-46)64-39-47(2)31-35-72(64)81(71)52(7)61(42-50(5)79-67-26-12-8-22-57(67)58-23-9-13-27-68(58)79)75(54-19-17-21-56(78)45-54)76(82-73-36-32-48(3)40-65(73)66-41-49(4)33-37-74(66)82)62(53-18-16-20-55(77)44-53)43-51(6)80-69-28-14-10-24-59(69)60-25-11-15-29-70(60)80/h8-41,43-45,50-51H,42H2,1-7H3/b61-52+,62-43+,76-75+. The molecule has 0 radical (unpaired) electrons. The van der Waals surface area contributed by atoms with E-state index in [2.05, 4.69) is 249 Å². The Bertz CT molecular complexity index is 4800. The fourth-order valence-electron chi connectivity index (χ4n) is 13.6. The molecule has 0 N–H and O–H groups in total. The van der Waals surface area contributed by atoms with Crippen LogP contribution < -0.4 is 0 Å². The number of hydrogen-bond acceptors (Lipinski definition) is 0. The molecule has 0 saturated carbocycles. The molecule has 0 fully saturated rings. The lowest BCUT2D eigenvalue weighted by molar-refractivity contribution is 0.581. The number of fused-ring (bicyclic) bond motifs is 12. The van der Waals surface area contributed by atoms with E-state index in [1.165, 1.54) is 34.0 Å². The number of hydrogen-bond donors (Lipinski definition) is 0. The van der Waals surface area contributed by atoms with Gasteiger partial charge in [0.2, 0.25) is 0 Å². The van der Waals surface area contributed by atoms with Crippen LogP contribution in [-0.4, -0.2) is 18.3 Å². The van der Waals surface area contributed by atoms with E-state index in [9.17, 15) is 0 Å². The molecule has 0 bridgehead atoms. The van der Waals surface area contributed by atoms with E-state index in [0.29, 0.717) is 17.5 Å². The molecular formula is C76H62F2N4. The number of aryl methyl sites for hydroxylation is 4. The van der Waals surface area contributed by atoms with E-state index in [-0.39, 0.29) is 23.7 Å². The van der Waals surface area contributed by atoms with Gasteiger partial charge in [0, 0.05) is 88.0 Å². The lowest BCUT2D eigenvalue weighted by Gasteiger charge is -2.29. The van der Waals surface area contributed by atoms with Crippen LogP contribution >= 0.6 is 0 Å². The second-order valence-electron chi connectivity index (χ2n) is 22.7. The minimum Gasteiger partial charge on any atom is -0.337 e. The third kappa shape index (κ3) is 8.30. The van der Waals surface area contributed by atoms with Gasteiger partial charge in [-0.15, -0.1) is 0 Å². The van der Waals surface area contributed by atoms with Gasteiger partial charge in [0.1, 0.15) is 11.6 Å². The fraction of sp³-hybridized carbons (Fsp3) is 0.132. The molecule has 400 valence electrons. The average molecular weight is 1070 g/mol. The minimum absolute atomic E-state index is 0.154. The number of aromatic nitrogens is 4. The van der Waals surface area contributed by atoms with Crippen molar-refractivity contribution in [2.45, 2.75) is 67.0 Å². The van der Waals surface area contributed by atoms with Crippen LogP contribution in [0.15, 0.2) is 230 Å². The van der Waals surface area contributed by atoms with Gasteiger partial charge < -0.3 is 18.3 Å². The summed E-state index contributed by atoms with van der Waals surface area (Å²) in [5.41, 5.74) is 19.1. The predicted octanol–water partition coefficient (Wildman–Crippen LogP) is 20.9. The first-order chi connectivity index (χ1) is 39.9. The molecule has 14 aromatic rings. The van der Waals surface area contributed by atoms with Crippen molar-refractivity contribution in [3.63, 3.8) is 0 Å². The zero-order valence-electron chi connectivity index (χ0n) is 47.3. The van der Waals surface area contributed by atoms with Crippen LogP contribution in [0.1, 0.15) is 72.7 Å². The van der Waals surface area contributed by atoms with E-state index in [0.717, 1.165) is 116 Å². The Morgan fingerprint density at radius 1 is 0.390 bits per heavy atom. The summed E-state index contributed by atoms with van der Waals surface area (Å²) in [6.45, 7) is 15.4. The summed E-state index contributed by atoms with van der Waals surface area (Å²) in [6, 6.07) is 75.3. The number of rotatable bonds is 11. The van der Waals surface area contributed by atoms with Crippen molar-refractivity contribution in [1.82, 2.24) is 18.3 Å². The molecule has 4 heterocycles. The fourth-order valence-corrected chi connectivity index (χ4v) is 13.6. The second kappa shape index (κ2) is 19.9. The van der Waals surface area contributed by atoms with Crippen LogP contribution in [0.2, 0.25) is 0 Å². The molecule has 0 amide bonds. The van der Waals surface area contributed by atoms with Gasteiger partial charge >= 0.3 is 0 Å².